The third kappa shape index (κ3) is 3.23. The fraction of sp³-hybridized carbons (Fsp3) is 0.158. The van der Waals surface area contributed by atoms with Crippen molar-refractivity contribution in [2.24, 2.45) is 0 Å². The van der Waals surface area contributed by atoms with Crippen LogP contribution in [0.3, 0.4) is 0 Å². The van der Waals surface area contributed by atoms with E-state index in [1.807, 2.05) is 37.3 Å². The van der Waals surface area contributed by atoms with Crippen molar-refractivity contribution >= 4 is 26.2 Å². The molecule has 0 spiro atoms. The average molecular weight is 358 g/mol. The minimum atomic E-state index is -3.51. The summed E-state index contributed by atoms with van der Waals surface area (Å²) in [4.78, 5) is 0.352. The summed E-state index contributed by atoms with van der Waals surface area (Å²) in [5.41, 5.74) is 2.96. The maximum atomic E-state index is 13.0. The number of thiophene rings is 1. The Hall–Kier alpha value is -2.11. The van der Waals surface area contributed by atoms with Crippen LogP contribution in [-0.4, -0.2) is 15.5 Å². The van der Waals surface area contributed by atoms with Gasteiger partial charge in [-0.3, -0.25) is 0 Å². The van der Waals surface area contributed by atoms with E-state index in [-0.39, 0.29) is 0 Å². The first-order valence-electron chi connectivity index (χ1n) is 7.76. The van der Waals surface area contributed by atoms with Gasteiger partial charge < -0.3 is 5.32 Å². The van der Waals surface area contributed by atoms with E-state index in [2.05, 4.69) is 11.4 Å². The zero-order valence-electron chi connectivity index (χ0n) is 13.6. The van der Waals surface area contributed by atoms with Crippen LogP contribution in [0.15, 0.2) is 69.8 Å². The molecule has 3 rings (SSSR count). The van der Waals surface area contributed by atoms with Crippen molar-refractivity contribution in [3.05, 3.63) is 66.2 Å². The smallest absolute Gasteiger partial charge is 0.216 e. The number of hydrogen-bond donors (Lipinski definition) is 1. The number of hydrogen-bond acceptors (Lipinski definition) is 4. The van der Waals surface area contributed by atoms with Gasteiger partial charge in [0.2, 0.25) is 9.84 Å². The molecule has 1 heterocycles. The van der Waals surface area contributed by atoms with Crippen LogP contribution in [0.5, 0.6) is 0 Å². The topological polar surface area (TPSA) is 46.2 Å². The van der Waals surface area contributed by atoms with Crippen molar-refractivity contribution in [1.29, 1.82) is 0 Å². The van der Waals surface area contributed by atoms with Crippen molar-refractivity contribution in [3.8, 4) is 11.1 Å². The second kappa shape index (κ2) is 6.79. The minimum absolute atomic E-state index is 0.352. The van der Waals surface area contributed by atoms with Crippen LogP contribution in [0.25, 0.3) is 11.1 Å². The van der Waals surface area contributed by atoms with Crippen LogP contribution >= 0.6 is 11.3 Å². The third-order valence-electron chi connectivity index (χ3n) is 3.88. The Morgan fingerprint density at radius 1 is 0.958 bits per heavy atom. The molecule has 0 amide bonds. The molecule has 0 saturated carbocycles. The lowest BCUT2D eigenvalue weighted by molar-refractivity contribution is 0.598. The Morgan fingerprint density at radius 2 is 1.71 bits per heavy atom. The number of rotatable bonds is 5. The molecule has 3 nitrogen and oxygen atoms in total. The molecule has 0 fully saturated rings. The van der Waals surface area contributed by atoms with E-state index in [1.54, 1.807) is 31.3 Å². The van der Waals surface area contributed by atoms with E-state index in [9.17, 15) is 8.42 Å². The van der Waals surface area contributed by atoms with Crippen LogP contribution in [-0.2, 0) is 16.3 Å². The number of nitrogens with one attached hydrogen (secondary N) is 1. The fourth-order valence-corrected chi connectivity index (χ4v) is 5.19. The minimum Gasteiger partial charge on any atom is -0.380 e. The average Bonchev–Trinajstić information content (AvgIpc) is 3.12. The molecule has 1 N–H and O–H groups in total. The van der Waals surface area contributed by atoms with E-state index in [4.69, 9.17) is 0 Å². The van der Waals surface area contributed by atoms with Gasteiger partial charge >= 0.3 is 0 Å². The van der Waals surface area contributed by atoms with Crippen LogP contribution < -0.4 is 5.32 Å². The molecular weight excluding hydrogens is 338 g/mol. The van der Waals surface area contributed by atoms with Crippen molar-refractivity contribution in [2.75, 3.05) is 12.4 Å². The first-order valence-corrected chi connectivity index (χ1v) is 10.1. The summed E-state index contributed by atoms with van der Waals surface area (Å²) in [7, 11) is -1.73. The van der Waals surface area contributed by atoms with Crippen LogP contribution in [0.1, 0.15) is 12.5 Å². The predicted octanol–water partition coefficient (Wildman–Crippen LogP) is 4.85. The van der Waals surface area contributed by atoms with Gasteiger partial charge in [-0.1, -0.05) is 43.3 Å². The first kappa shape index (κ1) is 16.7. The summed E-state index contributed by atoms with van der Waals surface area (Å²) in [5, 5.41) is 3.82. The molecule has 124 valence electrons. The van der Waals surface area contributed by atoms with E-state index in [0.29, 0.717) is 9.10 Å². The van der Waals surface area contributed by atoms with Crippen molar-refractivity contribution in [1.82, 2.24) is 0 Å². The van der Waals surface area contributed by atoms with Crippen molar-refractivity contribution < 1.29 is 8.42 Å². The highest BCUT2D eigenvalue weighted by Gasteiger charge is 2.21. The predicted molar refractivity (Wildman–Crippen MR) is 101 cm³/mol. The lowest BCUT2D eigenvalue weighted by atomic mass is 10.0. The lowest BCUT2D eigenvalue weighted by Gasteiger charge is -2.09. The highest BCUT2D eigenvalue weighted by molar-refractivity contribution is 7.93. The Balaban J connectivity index is 2.13. The zero-order valence-corrected chi connectivity index (χ0v) is 15.2. The summed E-state index contributed by atoms with van der Waals surface area (Å²) in [6.45, 7) is 2.03. The molecule has 3 aromatic rings. The molecule has 0 saturated heterocycles. The quantitative estimate of drug-likeness (QED) is 0.710. The summed E-state index contributed by atoms with van der Waals surface area (Å²) in [5.74, 6) is 0. The Morgan fingerprint density at radius 3 is 2.33 bits per heavy atom. The first-order chi connectivity index (χ1) is 11.5. The molecule has 0 unspecified atom stereocenters. The lowest BCUT2D eigenvalue weighted by Crippen LogP contribution is -2.01. The highest BCUT2D eigenvalue weighted by Crippen LogP contribution is 2.33. The van der Waals surface area contributed by atoms with Crippen LogP contribution in [0.2, 0.25) is 0 Å². The summed E-state index contributed by atoms with van der Waals surface area (Å²) in [6, 6.07) is 18.9. The van der Waals surface area contributed by atoms with Gasteiger partial charge in [-0.25, -0.2) is 8.42 Å². The van der Waals surface area contributed by atoms with Gasteiger partial charge in [0.25, 0.3) is 0 Å². The molecule has 5 heteroatoms. The number of aryl methyl sites for hydroxylation is 1. The number of benzene rings is 2. The SMILES string of the molecule is CCc1cc(-c2ccccc2)cc(S(=O)(=O)c2ccc(NC)s2)c1. The van der Waals surface area contributed by atoms with E-state index >= 15 is 0 Å². The monoisotopic (exact) mass is 357 g/mol. The second-order valence-corrected chi connectivity index (χ2v) is 8.72. The molecule has 24 heavy (non-hydrogen) atoms. The van der Waals surface area contributed by atoms with Crippen LogP contribution in [0.4, 0.5) is 5.00 Å². The summed E-state index contributed by atoms with van der Waals surface area (Å²) in [6.07, 6.45) is 0.787. The van der Waals surface area contributed by atoms with Crippen LogP contribution in [0, 0.1) is 0 Å². The molecule has 0 aliphatic heterocycles. The zero-order chi connectivity index (χ0) is 17.2. The van der Waals surface area contributed by atoms with Gasteiger partial charge in [-0.2, -0.15) is 0 Å². The second-order valence-electron chi connectivity index (χ2n) is 5.46. The summed E-state index contributed by atoms with van der Waals surface area (Å²) >= 11 is 1.25. The third-order valence-corrected chi connectivity index (χ3v) is 7.21. The highest BCUT2D eigenvalue weighted by atomic mass is 32.2. The molecule has 0 aliphatic rings. The molecule has 0 radical (unpaired) electrons. The van der Waals surface area contributed by atoms with E-state index in [0.717, 1.165) is 28.1 Å². The van der Waals surface area contributed by atoms with Gasteiger partial charge in [0.15, 0.2) is 0 Å². The van der Waals surface area contributed by atoms with Crippen molar-refractivity contribution in [3.63, 3.8) is 0 Å². The molecule has 2 aromatic carbocycles. The molecule has 1 aromatic heterocycles. The van der Waals surface area contributed by atoms with Gasteiger partial charge in [0.1, 0.15) is 4.21 Å². The Bertz CT molecular complexity index is 945. The molecule has 0 bridgehead atoms. The van der Waals surface area contributed by atoms with E-state index < -0.39 is 9.84 Å². The standard InChI is InChI=1S/C19H19NO2S2/c1-3-14-11-16(15-7-5-4-6-8-15)13-17(12-14)24(21,22)19-10-9-18(20-2)23-19/h4-13,20H,3H2,1-2H3. The molecular formula is C19H19NO2S2. The molecule has 0 atom stereocenters. The normalized spacial score (nSPS) is 11.4. The largest absolute Gasteiger partial charge is 0.380 e. The fourth-order valence-electron chi connectivity index (χ4n) is 2.53. The van der Waals surface area contributed by atoms with Crippen molar-refractivity contribution in [2.45, 2.75) is 22.4 Å². The van der Waals surface area contributed by atoms with Gasteiger partial charge in [0, 0.05) is 7.05 Å². The Kier molecular flexibility index (Phi) is 4.73. The summed E-state index contributed by atoms with van der Waals surface area (Å²) < 4.78 is 26.4. The number of anilines is 1. The van der Waals surface area contributed by atoms with Gasteiger partial charge in [-0.15, -0.1) is 11.3 Å². The van der Waals surface area contributed by atoms with Gasteiger partial charge in [0.05, 0.1) is 9.90 Å². The number of sulfone groups is 1. The molecule has 0 aliphatic carbocycles. The Labute approximate surface area is 146 Å². The van der Waals surface area contributed by atoms with Gasteiger partial charge in [-0.05, 0) is 47.4 Å². The maximum Gasteiger partial charge on any atom is 0.216 e. The van der Waals surface area contributed by atoms with E-state index in [1.165, 1.54) is 11.3 Å². The maximum absolute atomic E-state index is 13.0.